The van der Waals surface area contributed by atoms with Gasteiger partial charge in [0.15, 0.2) is 0 Å². The molecule has 1 aliphatic carbocycles. The van der Waals surface area contributed by atoms with Gasteiger partial charge in [-0.15, -0.1) is 0 Å². The molecule has 17 heavy (non-hydrogen) atoms. The van der Waals surface area contributed by atoms with Crippen molar-refractivity contribution >= 4 is 23.1 Å². The van der Waals surface area contributed by atoms with Gasteiger partial charge in [-0.1, -0.05) is 30.9 Å². The minimum Gasteiger partial charge on any atom is -0.364 e. The standard InChI is InChI=1S/C11H14ClN3O2/c12-10-5-4-9(15(16)17)11(14-10)13-7-6-8-2-1-3-8/h4-5,8H,1-3,6-7H2,(H,13,14). The van der Waals surface area contributed by atoms with Crippen LogP contribution in [0.4, 0.5) is 11.5 Å². The Balaban J connectivity index is 1.97. The summed E-state index contributed by atoms with van der Waals surface area (Å²) >= 11 is 5.73. The highest BCUT2D eigenvalue weighted by atomic mass is 35.5. The summed E-state index contributed by atoms with van der Waals surface area (Å²) in [6.45, 7) is 0.707. The highest BCUT2D eigenvalue weighted by molar-refractivity contribution is 6.29. The molecule has 0 unspecified atom stereocenters. The van der Waals surface area contributed by atoms with E-state index in [1.165, 1.54) is 31.4 Å². The minimum atomic E-state index is -0.449. The second kappa shape index (κ2) is 5.31. The molecule has 1 aromatic heterocycles. The number of rotatable bonds is 5. The van der Waals surface area contributed by atoms with Gasteiger partial charge in [0.1, 0.15) is 5.15 Å². The molecule has 0 spiro atoms. The molecule has 0 atom stereocenters. The molecule has 1 aliphatic rings. The molecule has 5 nitrogen and oxygen atoms in total. The Kier molecular flexibility index (Phi) is 3.78. The lowest BCUT2D eigenvalue weighted by molar-refractivity contribution is -0.384. The van der Waals surface area contributed by atoms with Gasteiger partial charge in [-0.3, -0.25) is 10.1 Å². The normalized spacial score (nSPS) is 15.4. The Morgan fingerprint density at radius 1 is 1.53 bits per heavy atom. The van der Waals surface area contributed by atoms with Crippen molar-refractivity contribution < 1.29 is 4.92 Å². The molecule has 2 rings (SSSR count). The fraction of sp³-hybridized carbons (Fsp3) is 0.545. The average Bonchev–Trinajstić information content (AvgIpc) is 2.21. The summed E-state index contributed by atoms with van der Waals surface area (Å²) in [6, 6.07) is 2.80. The summed E-state index contributed by atoms with van der Waals surface area (Å²) in [6.07, 6.45) is 4.88. The van der Waals surface area contributed by atoms with Crippen molar-refractivity contribution in [2.24, 2.45) is 5.92 Å². The molecule has 0 aliphatic heterocycles. The third-order valence-corrected chi connectivity index (χ3v) is 3.32. The topological polar surface area (TPSA) is 68.1 Å². The number of nitro groups is 1. The average molecular weight is 256 g/mol. The number of hydrogen-bond acceptors (Lipinski definition) is 4. The summed E-state index contributed by atoms with van der Waals surface area (Å²) in [5.74, 6) is 1.03. The van der Waals surface area contributed by atoms with Crippen molar-refractivity contribution in [1.29, 1.82) is 0 Å². The summed E-state index contributed by atoms with van der Waals surface area (Å²) in [7, 11) is 0. The molecule has 92 valence electrons. The molecule has 1 N–H and O–H groups in total. The molecule has 0 radical (unpaired) electrons. The van der Waals surface area contributed by atoms with Gasteiger partial charge in [-0.2, -0.15) is 0 Å². The Bertz CT molecular complexity index is 421. The van der Waals surface area contributed by atoms with Crippen LogP contribution in [0.15, 0.2) is 12.1 Å². The molecule has 1 heterocycles. The van der Waals surface area contributed by atoms with Gasteiger partial charge >= 0.3 is 5.69 Å². The summed E-state index contributed by atoms with van der Waals surface area (Å²) in [5.41, 5.74) is -0.0250. The summed E-state index contributed by atoms with van der Waals surface area (Å²) in [4.78, 5) is 14.3. The summed E-state index contributed by atoms with van der Waals surface area (Å²) < 4.78 is 0. The number of halogens is 1. The predicted octanol–water partition coefficient (Wildman–Crippen LogP) is 3.25. The zero-order valence-electron chi connectivity index (χ0n) is 9.36. The first-order valence-corrected chi connectivity index (χ1v) is 6.09. The van der Waals surface area contributed by atoms with Crippen LogP contribution in [0.5, 0.6) is 0 Å². The van der Waals surface area contributed by atoms with Crippen LogP contribution in [-0.4, -0.2) is 16.5 Å². The van der Waals surface area contributed by atoms with E-state index < -0.39 is 4.92 Å². The quantitative estimate of drug-likeness (QED) is 0.498. The zero-order chi connectivity index (χ0) is 12.3. The Morgan fingerprint density at radius 2 is 2.29 bits per heavy atom. The van der Waals surface area contributed by atoms with E-state index in [4.69, 9.17) is 11.6 Å². The third kappa shape index (κ3) is 3.06. The molecule has 6 heteroatoms. The maximum Gasteiger partial charge on any atom is 0.311 e. The first kappa shape index (κ1) is 12.1. The van der Waals surface area contributed by atoms with Gasteiger partial charge in [0.05, 0.1) is 4.92 Å². The number of nitrogens with zero attached hydrogens (tertiary/aromatic N) is 2. The Labute approximate surface area is 104 Å². The fourth-order valence-electron chi connectivity index (χ4n) is 1.88. The Hall–Kier alpha value is -1.36. The van der Waals surface area contributed by atoms with E-state index >= 15 is 0 Å². The first-order valence-electron chi connectivity index (χ1n) is 5.71. The van der Waals surface area contributed by atoms with Crippen molar-refractivity contribution in [2.75, 3.05) is 11.9 Å². The monoisotopic (exact) mass is 255 g/mol. The highest BCUT2D eigenvalue weighted by Crippen LogP contribution is 2.30. The highest BCUT2D eigenvalue weighted by Gasteiger charge is 2.18. The van der Waals surface area contributed by atoms with Crippen LogP contribution < -0.4 is 5.32 Å². The molecule has 0 bridgehead atoms. The maximum atomic E-state index is 10.8. The van der Waals surface area contributed by atoms with Crippen molar-refractivity contribution in [3.63, 3.8) is 0 Å². The molecule has 0 amide bonds. The van der Waals surface area contributed by atoms with E-state index in [0.717, 1.165) is 12.3 Å². The number of aromatic nitrogens is 1. The number of nitrogens with one attached hydrogen (secondary N) is 1. The van der Waals surface area contributed by atoms with Gasteiger partial charge in [-0.05, 0) is 18.4 Å². The summed E-state index contributed by atoms with van der Waals surface area (Å²) in [5, 5.41) is 14.0. The molecule has 0 aromatic carbocycles. The second-order valence-electron chi connectivity index (χ2n) is 4.27. The van der Waals surface area contributed by atoms with Crippen LogP contribution in [-0.2, 0) is 0 Å². The molecule has 1 fully saturated rings. The third-order valence-electron chi connectivity index (χ3n) is 3.11. The van der Waals surface area contributed by atoms with Crippen LogP contribution in [0.1, 0.15) is 25.7 Å². The SMILES string of the molecule is O=[N+]([O-])c1ccc(Cl)nc1NCCC1CCC1. The largest absolute Gasteiger partial charge is 0.364 e. The van der Waals surface area contributed by atoms with Gasteiger partial charge in [0.25, 0.3) is 0 Å². The first-order chi connectivity index (χ1) is 8.16. The molecular formula is C11H14ClN3O2. The maximum absolute atomic E-state index is 10.8. The van der Waals surface area contributed by atoms with Crippen LogP contribution >= 0.6 is 11.6 Å². The van der Waals surface area contributed by atoms with E-state index in [1.54, 1.807) is 0 Å². The van der Waals surface area contributed by atoms with Crippen LogP contribution in [0.3, 0.4) is 0 Å². The van der Waals surface area contributed by atoms with Crippen molar-refractivity contribution in [3.05, 3.63) is 27.4 Å². The van der Waals surface area contributed by atoms with E-state index in [0.29, 0.717) is 6.54 Å². The van der Waals surface area contributed by atoms with E-state index in [9.17, 15) is 10.1 Å². The van der Waals surface area contributed by atoms with Gasteiger partial charge in [0, 0.05) is 12.6 Å². The van der Waals surface area contributed by atoms with Crippen LogP contribution in [0, 0.1) is 16.0 Å². The van der Waals surface area contributed by atoms with Crippen molar-refractivity contribution in [1.82, 2.24) is 4.98 Å². The zero-order valence-corrected chi connectivity index (χ0v) is 10.1. The van der Waals surface area contributed by atoms with E-state index in [-0.39, 0.29) is 16.7 Å². The van der Waals surface area contributed by atoms with E-state index in [2.05, 4.69) is 10.3 Å². The van der Waals surface area contributed by atoms with Crippen molar-refractivity contribution in [2.45, 2.75) is 25.7 Å². The smallest absolute Gasteiger partial charge is 0.311 e. The molecule has 1 saturated carbocycles. The number of anilines is 1. The van der Waals surface area contributed by atoms with Gasteiger partial charge < -0.3 is 5.32 Å². The molecule has 0 saturated heterocycles. The number of pyridine rings is 1. The van der Waals surface area contributed by atoms with Gasteiger partial charge in [0.2, 0.25) is 5.82 Å². The van der Waals surface area contributed by atoms with Crippen molar-refractivity contribution in [3.8, 4) is 0 Å². The molecule has 1 aromatic rings. The Morgan fingerprint density at radius 3 is 2.88 bits per heavy atom. The molecular weight excluding hydrogens is 242 g/mol. The lowest BCUT2D eigenvalue weighted by atomic mass is 9.83. The lowest BCUT2D eigenvalue weighted by Crippen LogP contribution is -2.16. The van der Waals surface area contributed by atoms with Crippen LogP contribution in [0.25, 0.3) is 0 Å². The fourth-order valence-corrected chi connectivity index (χ4v) is 2.03. The second-order valence-corrected chi connectivity index (χ2v) is 4.66. The van der Waals surface area contributed by atoms with Crippen LogP contribution in [0.2, 0.25) is 5.15 Å². The predicted molar refractivity (Wildman–Crippen MR) is 66.3 cm³/mol. The van der Waals surface area contributed by atoms with E-state index in [1.807, 2.05) is 0 Å². The van der Waals surface area contributed by atoms with Gasteiger partial charge in [-0.25, -0.2) is 4.98 Å². The minimum absolute atomic E-state index is 0.0250. The lowest BCUT2D eigenvalue weighted by Gasteiger charge is -2.25. The number of hydrogen-bond donors (Lipinski definition) is 1.